The van der Waals surface area contributed by atoms with Crippen molar-refractivity contribution in [2.45, 2.75) is 12.6 Å². The van der Waals surface area contributed by atoms with Gasteiger partial charge in [0, 0.05) is 12.3 Å². The summed E-state index contributed by atoms with van der Waals surface area (Å²) in [5.74, 6) is 0.807. The van der Waals surface area contributed by atoms with Gasteiger partial charge in [-0.05, 0) is 17.7 Å². The molecule has 20 heavy (non-hydrogen) atoms. The Morgan fingerprint density at radius 3 is 2.50 bits per heavy atom. The molecular formula is C16H15N3O. The Morgan fingerprint density at radius 1 is 0.950 bits per heavy atom. The second-order valence-corrected chi connectivity index (χ2v) is 4.46. The molecule has 2 aromatic heterocycles. The highest BCUT2D eigenvalue weighted by Gasteiger charge is 2.14. The Morgan fingerprint density at radius 2 is 1.80 bits per heavy atom. The molecule has 3 aromatic rings. The van der Waals surface area contributed by atoms with Gasteiger partial charge in [0.2, 0.25) is 0 Å². The first kappa shape index (κ1) is 12.6. The van der Waals surface area contributed by atoms with E-state index in [2.05, 4.69) is 27.6 Å². The van der Waals surface area contributed by atoms with Crippen LogP contribution in [0, 0.1) is 0 Å². The fourth-order valence-electron chi connectivity index (χ4n) is 2.12. The van der Waals surface area contributed by atoms with E-state index in [4.69, 9.17) is 4.52 Å². The quantitative estimate of drug-likeness (QED) is 0.770. The van der Waals surface area contributed by atoms with Gasteiger partial charge in [-0.15, -0.1) is 0 Å². The molecule has 100 valence electrons. The molecule has 1 atom stereocenters. The fraction of sp³-hybridized carbons (Fsp3) is 0.125. The van der Waals surface area contributed by atoms with Gasteiger partial charge in [0.25, 0.3) is 0 Å². The summed E-state index contributed by atoms with van der Waals surface area (Å²) in [5, 5.41) is 7.17. The number of benzene rings is 1. The third-order valence-corrected chi connectivity index (χ3v) is 3.09. The highest BCUT2D eigenvalue weighted by atomic mass is 16.5. The number of nitrogens with one attached hydrogen (secondary N) is 1. The van der Waals surface area contributed by atoms with Gasteiger partial charge in [0.15, 0.2) is 0 Å². The van der Waals surface area contributed by atoms with Gasteiger partial charge in [-0.2, -0.15) is 0 Å². The minimum absolute atomic E-state index is 0.0301. The van der Waals surface area contributed by atoms with Crippen molar-refractivity contribution in [3.63, 3.8) is 0 Å². The minimum atomic E-state index is 0.0301. The number of nitrogens with zero attached hydrogens (tertiary/aromatic N) is 2. The first-order valence-corrected chi connectivity index (χ1v) is 6.52. The van der Waals surface area contributed by atoms with E-state index in [0.29, 0.717) is 6.54 Å². The van der Waals surface area contributed by atoms with Crippen LogP contribution in [-0.2, 0) is 6.54 Å². The predicted molar refractivity (Wildman–Crippen MR) is 75.9 cm³/mol. The molecule has 0 radical (unpaired) electrons. The van der Waals surface area contributed by atoms with E-state index in [1.54, 1.807) is 12.4 Å². The molecule has 0 saturated carbocycles. The highest BCUT2D eigenvalue weighted by molar-refractivity contribution is 5.27. The van der Waals surface area contributed by atoms with Crippen LogP contribution in [-0.4, -0.2) is 10.1 Å². The molecule has 0 saturated heterocycles. The van der Waals surface area contributed by atoms with E-state index in [0.717, 1.165) is 11.5 Å². The summed E-state index contributed by atoms with van der Waals surface area (Å²) in [6.45, 7) is 0.607. The normalized spacial score (nSPS) is 12.2. The summed E-state index contributed by atoms with van der Waals surface area (Å²) in [7, 11) is 0. The van der Waals surface area contributed by atoms with E-state index >= 15 is 0 Å². The maximum absolute atomic E-state index is 5.12. The first-order valence-electron chi connectivity index (χ1n) is 6.52. The van der Waals surface area contributed by atoms with Gasteiger partial charge < -0.3 is 4.52 Å². The van der Waals surface area contributed by atoms with E-state index in [9.17, 15) is 0 Å². The lowest BCUT2D eigenvalue weighted by atomic mass is 10.0. The highest BCUT2D eigenvalue weighted by Crippen LogP contribution is 2.20. The Kier molecular flexibility index (Phi) is 3.85. The van der Waals surface area contributed by atoms with Gasteiger partial charge in [-0.3, -0.25) is 10.3 Å². The molecule has 1 N–H and O–H groups in total. The molecule has 1 unspecified atom stereocenters. The van der Waals surface area contributed by atoms with Gasteiger partial charge in [-0.25, -0.2) is 0 Å². The van der Waals surface area contributed by atoms with Gasteiger partial charge in [0.05, 0.1) is 24.5 Å². The average Bonchev–Trinajstić information content (AvgIpc) is 3.03. The molecule has 0 aliphatic heterocycles. The van der Waals surface area contributed by atoms with Crippen LogP contribution in [0.3, 0.4) is 0 Å². The first-order chi connectivity index (χ1) is 9.93. The largest absolute Gasteiger partial charge is 0.360 e. The van der Waals surface area contributed by atoms with Crippen LogP contribution in [0.1, 0.15) is 23.1 Å². The van der Waals surface area contributed by atoms with Crippen molar-refractivity contribution < 1.29 is 4.52 Å². The monoisotopic (exact) mass is 265 g/mol. The van der Waals surface area contributed by atoms with Crippen molar-refractivity contribution in [2.75, 3.05) is 0 Å². The summed E-state index contributed by atoms with van der Waals surface area (Å²) in [6, 6.07) is 18.1. The Labute approximate surface area is 117 Å². The zero-order chi connectivity index (χ0) is 13.6. The molecule has 0 fully saturated rings. The Bertz CT molecular complexity index is 584. The lowest BCUT2D eigenvalue weighted by molar-refractivity contribution is 0.368. The van der Waals surface area contributed by atoms with Crippen LogP contribution in [0.25, 0.3) is 0 Å². The van der Waals surface area contributed by atoms with Crippen molar-refractivity contribution >= 4 is 0 Å². The lowest BCUT2D eigenvalue weighted by Crippen LogP contribution is -2.22. The third-order valence-electron chi connectivity index (χ3n) is 3.09. The van der Waals surface area contributed by atoms with Crippen molar-refractivity contribution in [3.8, 4) is 0 Å². The van der Waals surface area contributed by atoms with Crippen LogP contribution in [0.4, 0.5) is 0 Å². The third kappa shape index (κ3) is 2.92. The van der Waals surface area contributed by atoms with Gasteiger partial charge >= 0.3 is 0 Å². The van der Waals surface area contributed by atoms with Crippen LogP contribution in [0.15, 0.2) is 71.5 Å². The molecule has 0 aliphatic rings. The Hall–Kier alpha value is -2.46. The SMILES string of the molecule is c1ccc(C(NCc2ccno2)c2ccccn2)cc1. The van der Waals surface area contributed by atoms with Gasteiger partial charge in [-0.1, -0.05) is 41.6 Å². The number of aromatic nitrogens is 2. The van der Waals surface area contributed by atoms with Crippen LogP contribution >= 0.6 is 0 Å². The van der Waals surface area contributed by atoms with Crippen LogP contribution in [0.2, 0.25) is 0 Å². The maximum atomic E-state index is 5.12. The summed E-state index contributed by atoms with van der Waals surface area (Å²) >= 11 is 0. The number of hydrogen-bond acceptors (Lipinski definition) is 4. The Balaban J connectivity index is 1.84. The zero-order valence-electron chi connectivity index (χ0n) is 10.9. The van der Waals surface area contributed by atoms with Crippen LogP contribution in [0.5, 0.6) is 0 Å². The molecule has 0 spiro atoms. The molecule has 0 amide bonds. The second kappa shape index (κ2) is 6.12. The van der Waals surface area contributed by atoms with E-state index in [-0.39, 0.29) is 6.04 Å². The zero-order valence-corrected chi connectivity index (χ0v) is 10.9. The molecular weight excluding hydrogens is 250 g/mol. The van der Waals surface area contributed by atoms with Crippen LogP contribution < -0.4 is 5.32 Å². The molecule has 4 nitrogen and oxygen atoms in total. The lowest BCUT2D eigenvalue weighted by Gasteiger charge is -2.18. The fourth-order valence-corrected chi connectivity index (χ4v) is 2.12. The van der Waals surface area contributed by atoms with E-state index in [1.807, 2.05) is 42.5 Å². The summed E-state index contributed by atoms with van der Waals surface area (Å²) in [6.07, 6.45) is 3.46. The van der Waals surface area contributed by atoms with E-state index in [1.165, 1.54) is 5.56 Å². The molecule has 0 bridgehead atoms. The number of pyridine rings is 1. The standard InChI is InChI=1S/C16H15N3O/c1-2-6-13(7-3-1)16(15-8-4-5-10-17-15)18-12-14-9-11-19-20-14/h1-11,16,18H,12H2. The summed E-state index contributed by atoms with van der Waals surface area (Å²) in [5.41, 5.74) is 2.16. The molecule has 3 rings (SSSR count). The second-order valence-electron chi connectivity index (χ2n) is 4.46. The average molecular weight is 265 g/mol. The summed E-state index contributed by atoms with van der Waals surface area (Å²) < 4.78 is 5.12. The molecule has 2 heterocycles. The predicted octanol–water partition coefficient (Wildman–Crippen LogP) is 2.95. The van der Waals surface area contributed by atoms with Crippen molar-refractivity contribution in [1.29, 1.82) is 0 Å². The number of rotatable bonds is 5. The van der Waals surface area contributed by atoms with E-state index < -0.39 is 0 Å². The van der Waals surface area contributed by atoms with Crippen molar-refractivity contribution in [2.24, 2.45) is 0 Å². The topological polar surface area (TPSA) is 51.0 Å². The molecule has 1 aromatic carbocycles. The number of hydrogen-bond donors (Lipinski definition) is 1. The minimum Gasteiger partial charge on any atom is -0.360 e. The molecule has 0 aliphatic carbocycles. The maximum Gasteiger partial charge on any atom is 0.150 e. The van der Waals surface area contributed by atoms with Crippen molar-refractivity contribution in [3.05, 3.63) is 84.0 Å². The molecule has 4 heteroatoms. The van der Waals surface area contributed by atoms with Gasteiger partial charge in [0.1, 0.15) is 5.76 Å². The summed E-state index contributed by atoms with van der Waals surface area (Å²) in [4.78, 5) is 4.45. The van der Waals surface area contributed by atoms with Crippen molar-refractivity contribution in [1.82, 2.24) is 15.5 Å². The smallest absolute Gasteiger partial charge is 0.150 e.